The zero-order chi connectivity index (χ0) is 12.2. The number of unbranched alkanes of at least 4 members (excludes halogenated alkanes) is 3. The number of hydrogen-bond acceptors (Lipinski definition) is 4. The lowest BCUT2D eigenvalue weighted by molar-refractivity contribution is -0.149. The summed E-state index contributed by atoms with van der Waals surface area (Å²) in [6.07, 6.45) is 5.72. The Morgan fingerprint density at radius 3 is 2.44 bits per heavy atom. The highest BCUT2D eigenvalue weighted by Gasteiger charge is 2.02. The minimum atomic E-state index is -0.501. The van der Waals surface area contributed by atoms with Crippen molar-refractivity contribution in [1.82, 2.24) is 0 Å². The zero-order valence-electron chi connectivity index (χ0n) is 9.87. The van der Waals surface area contributed by atoms with Crippen molar-refractivity contribution in [2.75, 3.05) is 13.2 Å². The summed E-state index contributed by atoms with van der Waals surface area (Å²) in [6, 6.07) is 0. The van der Waals surface area contributed by atoms with Crippen molar-refractivity contribution in [2.45, 2.75) is 39.0 Å². The Balaban J connectivity index is 3.30. The number of hydrogen-bond donors (Lipinski definition) is 0. The van der Waals surface area contributed by atoms with Crippen LogP contribution in [0.1, 0.15) is 39.0 Å². The standard InChI is InChI=1S/C12H20O4/c1-3-5-6-7-8-12(14)16-10-9-15-11(13)4-2/h4H,2-3,5-10H2,1H3. The van der Waals surface area contributed by atoms with Crippen molar-refractivity contribution < 1.29 is 19.1 Å². The first-order chi connectivity index (χ1) is 7.70. The van der Waals surface area contributed by atoms with Gasteiger partial charge in [0, 0.05) is 12.5 Å². The maximum Gasteiger partial charge on any atom is 0.330 e. The smallest absolute Gasteiger partial charge is 0.330 e. The van der Waals surface area contributed by atoms with Crippen LogP contribution in [0.15, 0.2) is 12.7 Å². The molecule has 0 saturated heterocycles. The fourth-order valence-corrected chi connectivity index (χ4v) is 1.12. The van der Waals surface area contributed by atoms with Crippen molar-refractivity contribution in [1.29, 1.82) is 0 Å². The summed E-state index contributed by atoms with van der Waals surface area (Å²) in [4.78, 5) is 21.8. The van der Waals surface area contributed by atoms with Crippen LogP contribution in [-0.4, -0.2) is 25.2 Å². The molecule has 0 aliphatic carbocycles. The van der Waals surface area contributed by atoms with Gasteiger partial charge in [0.15, 0.2) is 0 Å². The van der Waals surface area contributed by atoms with Crippen LogP contribution in [0.3, 0.4) is 0 Å². The Bertz CT molecular complexity index is 223. The van der Waals surface area contributed by atoms with Gasteiger partial charge in [0.25, 0.3) is 0 Å². The quantitative estimate of drug-likeness (QED) is 0.345. The third-order valence-corrected chi connectivity index (χ3v) is 1.99. The van der Waals surface area contributed by atoms with E-state index >= 15 is 0 Å². The van der Waals surface area contributed by atoms with Gasteiger partial charge in [-0.15, -0.1) is 0 Å². The summed E-state index contributed by atoms with van der Waals surface area (Å²) >= 11 is 0. The van der Waals surface area contributed by atoms with Crippen LogP contribution in [0.5, 0.6) is 0 Å². The lowest BCUT2D eigenvalue weighted by atomic mass is 10.2. The zero-order valence-corrected chi connectivity index (χ0v) is 9.87. The van der Waals surface area contributed by atoms with E-state index in [-0.39, 0.29) is 19.2 Å². The summed E-state index contributed by atoms with van der Waals surface area (Å²) in [5, 5.41) is 0. The van der Waals surface area contributed by atoms with E-state index in [1.54, 1.807) is 0 Å². The molecule has 0 bridgehead atoms. The second kappa shape index (κ2) is 10.2. The second-order valence-corrected chi connectivity index (χ2v) is 3.40. The molecule has 0 aliphatic heterocycles. The third-order valence-electron chi connectivity index (χ3n) is 1.99. The molecular weight excluding hydrogens is 208 g/mol. The Morgan fingerprint density at radius 2 is 1.81 bits per heavy atom. The van der Waals surface area contributed by atoms with Gasteiger partial charge in [-0.25, -0.2) is 4.79 Å². The molecule has 92 valence electrons. The third kappa shape index (κ3) is 9.24. The van der Waals surface area contributed by atoms with Gasteiger partial charge in [-0.05, 0) is 6.42 Å². The monoisotopic (exact) mass is 228 g/mol. The summed E-state index contributed by atoms with van der Waals surface area (Å²) in [7, 11) is 0. The van der Waals surface area contributed by atoms with Gasteiger partial charge in [-0.2, -0.15) is 0 Å². The van der Waals surface area contributed by atoms with Crippen LogP contribution in [0.4, 0.5) is 0 Å². The molecule has 0 atom stereocenters. The Morgan fingerprint density at radius 1 is 1.12 bits per heavy atom. The number of ether oxygens (including phenoxy) is 2. The maximum atomic E-state index is 11.1. The highest BCUT2D eigenvalue weighted by atomic mass is 16.6. The van der Waals surface area contributed by atoms with Crippen LogP contribution in [0.25, 0.3) is 0 Å². The first kappa shape index (κ1) is 14.7. The predicted octanol–water partition coefficient (Wildman–Crippen LogP) is 2.23. The molecule has 0 N–H and O–H groups in total. The minimum absolute atomic E-state index is 0.0888. The van der Waals surface area contributed by atoms with Crippen molar-refractivity contribution in [3.8, 4) is 0 Å². The molecule has 0 aromatic rings. The van der Waals surface area contributed by atoms with Crippen molar-refractivity contribution >= 4 is 11.9 Å². The van der Waals surface area contributed by atoms with E-state index < -0.39 is 5.97 Å². The molecule has 4 nitrogen and oxygen atoms in total. The van der Waals surface area contributed by atoms with Crippen molar-refractivity contribution in [3.63, 3.8) is 0 Å². The molecule has 0 aromatic heterocycles. The number of carbonyl (C=O) groups excluding carboxylic acids is 2. The van der Waals surface area contributed by atoms with Crippen LogP contribution in [0, 0.1) is 0 Å². The first-order valence-corrected chi connectivity index (χ1v) is 5.65. The summed E-state index contributed by atoms with van der Waals surface area (Å²) < 4.78 is 9.52. The lowest BCUT2D eigenvalue weighted by Gasteiger charge is -2.04. The van der Waals surface area contributed by atoms with E-state index in [2.05, 4.69) is 18.2 Å². The van der Waals surface area contributed by atoms with Crippen LogP contribution < -0.4 is 0 Å². The van der Waals surface area contributed by atoms with Gasteiger partial charge in [0.05, 0.1) is 0 Å². The fraction of sp³-hybridized carbons (Fsp3) is 0.667. The topological polar surface area (TPSA) is 52.6 Å². The number of carbonyl (C=O) groups is 2. The van der Waals surface area contributed by atoms with E-state index in [1.165, 1.54) is 0 Å². The van der Waals surface area contributed by atoms with Gasteiger partial charge < -0.3 is 9.47 Å². The van der Waals surface area contributed by atoms with Gasteiger partial charge >= 0.3 is 11.9 Å². The Hall–Kier alpha value is -1.32. The van der Waals surface area contributed by atoms with E-state index in [4.69, 9.17) is 4.74 Å². The van der Waals surface area contributed by atoms with Gasteiger partial charge in [0.1, 0.15) is 13.2 Å². The first-order valence-electron chi connectivity index (χ1n) is 5.65. The average Bonchev–Trinajstić information content (AvgIpc) is 2.30. The molecule has 0 fully saturated rings. The van der Waals surface area contributed by atoms with E-state index in [1.807, 2.05) is 0 Å². The highest BCUT2D eigenvalue weighted by molar-refractivity contribution is 5.81. The molecule has 0 saturated carbocycles. The molecule has 0 radical (unpaired) electrons. The highest BCUT2D eigenvalue weighted by Crippen LogP contribution is 2.03. The number of rotatable bonds is 9. The molecule has 4 heteroatoms. The Kier molecular flexibility index (Phi) is 9.36. The summed E-state index contributed by atoms with van der Waals surface area (Å²) in [5.41, 5.74) is 0. The summed E-state index contributed by atoms with van der Waals surface area (Å²) in [6.45, 7) is 5.57. The molecule has 0 heterocycles. The van der Waals surface area contributed by atoms with Gasteiger partial charge in [0.2, 0.25) is 0 Å². The fourth-order valence-electron chi connectivity index (χ4n) is 1.12. The Labute approximate surface area is 96.6 Å². The number of esters is 2. The van der Waals surface area contributed by atoms with Crippen molar-refractivity contribution in [2.24, 2.45) is 0 Å². The van der Waals surface area contributed by atoms with Crippen molar-refractivity contribution in [3.05, 3.63) is 12.7 Å². The van der Waals surface area contributed by atoms with Crippen LogP contribution in [0.2, 0.25) is 0 Å². The normalized spacial score (nSPS) is 9.56. The molecule has 16 heavy (non-hydrogen) atoms. The predicted molar refractivity (Wildman–Crippen MR) is 60.9 cm³/mol. The minimum Gasteiger partial charge on any atom is -0.462 e. The van der Waals surface area contributed by atoms with E-state index in [0.29, 0.717) is 6.42 Å². The van der Waals surface area contributed by atoms with Gasteiger partial charge in [-0.1, -0.05) is 32.8 Å². The lowest BCUT2D eigenvalue weighted by Crippen LogP contribution is -2.12. The maximum absolute atomic E-state index is 11.1. The molecule has 0 aliphatic rings. The molecule has 0 rings (SSSR count). The van der Waals surface area contributed by atoms with E-state index in [0.717, 1.165) is 31.8 Å². The van der Waals surface area contributed by atoms with Gasteiger partial charge in [-0.3, -0.25) is 4.79 Å². The molecule has 0 spiro atoms. The molecule has 0 aromatic carbocycles. The molecular formula is C12H20O4. The van der Waals surface area contributed by atoms with Crippen LogP contribution in [-0.2, 0) is 19.1 Å². The molecule has 0 unspecified atom stereocenters. The molecule has 0 amide bonds. The average molecular weight is 228 g/mol. The summed E-state index contributed by atoms with van der Waals surface area (Å²) in [5.74, 6) is -0.732. The largest absolute Gasteiger partial charge is 0.462 e. The second-order valence-electron chi connectivity index (χ2n) is 3.40. The van der Waals surface area contributed by atoms with Crippen LogP contribution >= 0.6 is 0 Å². The van der Waals surface area contributed by atoms with E-state index in [9.17, 15) is 9.59 Å². The SMILES string of the molecule is C=CC(=O)OCCOC(=O)CCCCCC.